The number of fused-ring (bicyclic) bond motifs is 4. The number of imidazole rings is 1. The molecule has 0 unspecified atom stereocenters. The summed E-state index contributed by atoms with van der Waals surface area (Å²) in [5.41, 5.74) is 5.68. The molecule has 0 saturated carbocycles. The Balaban J connectivity index is 0.00000548. The van der Waals surface area contributed by atoms with E-state index in [-0.39, 0.29) is 49.0 Å². The Morgan fingerprint density at radius 3 is 2.05 bits per heavy atom. The topological polar surface area (TPSA) is 35.9 Å². The summed E-state index contributed by atoms with van der Waals surface area (Å²) in [4.78, 5) is 4.81. The minimum Gasteiger partial charge on any atom is -0.510 e. The Labute approximate surface area is 354 Å². The molecule has 0 fully saturated rings. The SMILES string of the molecule is [2H]c1c([2H])c([2H])c(-c2cccc(-c3c([2H])c([2H])c([2H])c([2H])c3[2H])c2-[n+]2[c-]n(-c3[c-]c(Oc4[c-]c5c(cc4)c4ccccc4n5-c4ncc(C)cc4C)ccc3)c3ccccc32)c([2H])c1[2H].[Pt]. The van der Waals surface area contributed by atoms with Crippen molar-refractivity contribution in [1.29, 1.82) is 0 Å². The zero-order chi connectivity index (χ0) is 45.6. The molecule has 0 aliphatic rings. The van der Waals surface area contributed by atoms with E-state index < -0.39 is 60.4 Å². The fraction of sp³-hybridized carbons (Fsp3) is 0.0400. The van der Waals surface area contributed by atoms with Crippen LogP contribution >= 0.6 is 0 Å². The Morgan fingerprint density at radius 2 is 1.32 bits per heavy atom. The van der Waals surface area contributed by atoms with E-state index in [0.717, 1.165) is 38.8 Å². The quantitative estimate of drug-likeness (QED) is 0.118. The summed E-state index contributed by atoms with van der Waals surface area (Å²) in [7, 11) is 0. The maximum atomic E-state index is 8.97. The van der Waals surface area contributed by atoms with E-state index in [2.05, 4.69) is 41.2 Å². The van der Waals surface area contributed by atoms with Crippen LogP contribution in [0.25, 0.3) is 72.3 Å². The molecule has 0 N–H and O–H groups in total. The first kappa shape index (κ1) is 25.5. The molecular formula is C50H34N4OPt-2. The first-order chi connectivity index (χ1) is 31.2. The monoisotopic (exact) mass is 911 g/mol. The molecule has 56 heavy (non-hydrogen) atoms. The number of ether oxygens (including phenoxy) is 1. The molecule has 10 aromatic rings. The van der Waals surface area contributed by atoms with Gasteiger partial charge in [0, 0.05) is 44.3 Å². The Kier molecular flexibility index (Phi) is 6.65. The van der Waals surface area contributed by atoms with E-state index in [9.17, 15) is 0 Å². The summed E-state index contributed by atoms with van der Waals surface area (Å²) in [5.74, 6) is 1.59. The Bertz CT molecular complexity index is 3500. The number of benzene rings is 7. The van der Waals surface area contributed by atoms with E-state index >= 15 is 0 Å². The fourth-order valence-corrected chi connectivity index (χ4v) is 7.20. The van der Waals surface area contributed by atoms with Gasteiger partial charge in [0.15, 0.2) is 0 Å². The van der Waals surface area contributed by atoms with Crippen LogP contribution in [0, 0.1) is 32.3 Å². The third-order valence-electron chi connectivity index (χ3n) is 9.53. The predicted octanol–water partition coefficient (Wildman–Crippen LogP) is 11.5. The van der Waals surface area contributed by atoms with Crippen LogP contribution in [0.3, 0.4) is 0 Å². The van der Waals surface area contributed by atoms with Crippen molar-refractivity contribution >= 4 is 32.8 Å². The molecule has 0 aliphatic carbocycles. The molecule has 3 heterocycles. The maximum Gasteiger partial charge on any atom is 0.268 e. The molecule has 5 nitrogen and oxygen atoms in total. The van der Waals surface area contributed by atoms with E-state index in [1.165, 1.54) is 0 Å². The minimum atomic E-state index is -0.571. The number of pyridine rings is 1. The third kappa shape index (κ3) is 6.11. The number of rotatable bonds is 7. The third-order valence-corrected chi connectivity index (χ3v) is 9.53. The summed E-state index contributed by atoms with van der Waals surface area (Å²) >= 11 is 0. The van der Waals surface area contributed by atoms with Gasteiger partial charge < -0.3 is 13.9 Å². The molecule has 0 saturated heterocycles. The van der Waals surface area contributed by atoms with Crippen LogP contribution in [-0.4, -0.2) is 14.1 Å². The summed E-state index contributed by atoms with van der Waals surface area (Å²) < 4.78 is 98.5. The standard InChI is InChI=1S/C50H34N4O.Pt/c1-34-29-35(2)50(51-32-34)54-45-24-10-9-21-43(45)44-28-27-40(31-48(44)54)55-39-20-13-19-38(30-39)52-33-53(47-26-12-11-25-46(47)52)49-41(36-15-5-3-6-16-36)22-14-23-42(49)37-17-7-4-8-18-37;/h3-29,32H,1-2H3;/q-2;/i3D,4D,5D,6D,7D,8D,15D,16D,17D,18D;. The molecule has 272 valence electrons. The van der Waals surface area contributed by atoms with Gasteiger partial charge in [0.1, 0.15) is 5.82 Å². The molecule has 0 amide bonds. The van der Waals surface area contributed by atoms with Crippen LogP contribution in [0.15, 0.2) is 170 Å². The number of hydrogen-bond donors (Lipinski definition) is 0. The van der Waals surface area contributed by atoms with Crippen molar-refractivity contribution in [3.63, 3.8) is 0 Å². The van der Waals surface area contributed by atoms with Crippen LogP contribution in [0.2, 0.25) is 0 Å². The van der Waals surface area contributed by atoms with Crippen molar-refractivity contribution in [3.8, 4) is 50.9 Å². The van der Waals surface area contributed by atoms with Crippen LogP contribution in [0.4, 0.5) is 0 Å². The van der Waals surface area contributed by atoms with Gasteiger partial charge in [0.2, 0.25) is 0 Å². The van der Waals surface area contributed by atoms with E-state index in [1.807, 2.05) is 68.6 Å². The molecular weight excluding hydrogens is 868 g/mol. The van der Waals surface area contributed by atoms with Crippen molar-refractivity contribution in [2.24, 2.45) is 0 Å². The Hall–Kier alpha value is -6.55. The van der Waals surface area contributed by atoms with Crippen molar-refractivity contribution in [3.05, 3.63) is 199 Å². The largest absolute Gasteiger partial charge is 0.510 e. The number of aryl methyl sites for hydroxylation is 2. The van der Waals surface area contributed by atoms with Gasteiger partial charge in [-0.25, -0.2) is 4.98 Å². The van der Waals surface area contributed by atoms with Crippen LogP contribution in [0.1, 0.15) is 24.8 Å². The number of hydrogen-bond acceptors (Lipinski definition) is 2. The normalized spacial score (nSPS) is 13.8. The summed E-state index contributed by atoms with van der Waals surface area (Å²) in [6, 6.07) is 33.1. The molecule has 0 bridgehead atoms. The van der Waals surface area contributed by atoms with Gasteiger partial charge in [-0.3, -0.25) is 4.57 Å². The zero-order valence-corrected chi connectivity index (χ0v) is 32.2. The second-order valence-electron chi connectivity index (χ2n) is 13.1. The fourth-order valence-electron chi connectivity index (χ4n) is 7.20. The van der Waals surface area contributed by atoms with Crippen molar-refractivity contribution in [2.45, 2.75) is 13.8 Å². The van der Waals surface area contributed by atoms with Crippen molar-refractivity contribution < 1.29 is 44.1 Å². The number of para-hydroxylation sites is 4. The molecule has 10 rings (SSSR count). The molecule has 6 heteroatoms. The molecule has 3 aromatic heterocycles. The van der Waals surface area contributed by atoms with Gasteiger partial charge in [0.25, 0.3) is 6.33 Å². The van der Waals surface area contributed by atoms with Gasteiger partial charge in [-0.15, -0.1) is 29.7 Å². The van der Waals surface area contributed by atoms with Crippen LogP contribution < -0.4 is 9.30 Å². The molecule has 0 aliphatic heterocycles. The average molecular weight is 912 g/mol. The van der Waals surface area contributed by atoms with E-state index in [4.69, 9.17) is 23.4 Å². The Morgan fingerprint density at radius 1 is 0.661 bits per heavy atom. The number of aromatic nitrogens is 4. The summed E-state index contributed by atoms with van der Waals surface area (Å²) in [5, 5.41) is 2.03. The average Bonchev–Trinajstić information content (AvgIpc) is 3.85. The summed E-state index contributed by atoms with van der Waals surface area (Å²) in [6.45, 7) is 4.05. The van der Waals surface area contributed by atoms with Crippen LogP contribution in [-0.2, 0) is 21.1 Å². The van der Waals surface area contributed by atoms with Crippen molar-refractivity contribution in [1.82, 2.24) is 14.1 Å². The smallest absolute Gasteiger partial charge is 0.268 e. The zero-order valence-electron chi connectivity index (χ0n) is 39.9. The first-order valence-corrected chi connectivity index (χ1v) is 17.6. The molecule has 0 spiro atoms. The maximum absolute atomic E-state index is 8.97. The summed E-state index contributed by atoms with van der Waals surface area (Å²) in [6.07, 6.45) is 5.24. The van der Waals surface area contributed by atoms with Crippen molar-refractivity contribution in [2.75, 3.05) is 0 Å². The molecule has 0 radical (unpaired) electrons. The van der Waals surface area contributed by atoms with Crippen LogP contribution in [0.5, 0.6) is 11.5 Å². The van der Waals surface area contributed by atoms with Gasteiger partial charge in [-0.1, -0.05) is 133 Å². The van der Waals surface area contributed by atoms with Gasteiger partial charge in [-0.05, 0) is 64.4 Å². The van der Waals surface area contributed by atoms with Gasteiger partial charge >= 0.3 is 0 Å². The van der Waals surface area contributed by atoms with E-state index in [0.29, 0.717) is 28.2 Å². The van der Waals surface area contributed by atoms with Gasteiger partial charge in [-0.2, -0.15) is 18.2 Å². The number of nitrogens with zero attached hydrogens (tertiary/aromatic N) is 4. The molecule has 7 aromatic carbocycles. The van der Waals surface area contributed by atoms with Gasteiger partial charge in [0.05, 0.1) is 30.4 Å². The second kappa shape index (κ2) is 14.6. The van der Waals surface area contributed by atoms with E-state index in [1.54, 1.807) is 45.5 Å². The minimum absolute atomic E-state index is 0. The second-order valence-corrected chi connectivity index (χ2v) is 13.1. The molecule has 0 atom stereocenters. The predicted molar refractivity (Wildman–Crippen MR) is 220 cm³/mol. The first-order valence-electron chi connectivity index (χ1n) is 22.6.